The number of halogens is 4. The largest absolute Gasteiger partial charge is 1.00 e. The fourth-order valence-corrected chi connectivity index (χ4v) is 18.0. The second kappa shape index (κ2) is 54.4. The number of aliphatic hydroxyl groups is 1. The van der Waals surface area contributed by atoms with Gasteiger partial charge in [0, 0.05) is 197 Å². The molecule has 0 aliphatic carbocycles. The average molecular weight is 2050 g/mol. The third-order valence-electron chi connectivity index (χ3n) is 24.2. The van der Waals surface area contributed by atoms with Crippen LogP contribution in [0.1, 0.15) is 57.1 Å². The minimum Gasteiger partial charge on any atom is -0.495 e. The number of para-hydroxylation sites is 1. The van der Waals surface area contributed by atoms with Crippen LogP contribution in [-0.2, 0) is 27.2 Å². The molecule has 5 fully saturated rings. The van der Waals surface area contributed by atoms with Crippen LogP contribution in [0.2, 0.25) is 20.1 Å². The Morgan fingerprint density at radius 2 is 1.26 bits per heavy atom. The summed E-state index contributed by atoms with van der Waals surface area (Å²) in [4.78, 5) is 73.2. The van der Waals surface area contributed by atoms with Gasteiger partial charge in [-0.25, -0.2) is 24.9 Å². The number of nitrogens with zero attached hydrogens (tertiary/aromatic N) is 15. The quantitative estimate of drug-likeness (QED) is 0.0126. The van der Waals surface area contributed by atoms with Crippen molar-refractivity contribution in [3.63, 3.8) is 0 Å². The molecule has 5 aromatic heterocycles. The molecule has 0 spiro atoms. The van der Waals surface area contributed by atoms with E-state index in [1.165, 1.54) is 37.2 Å². The molecular weight excluding hydrogens is 1930 g/mol. The number of carbonyl (C=O) groups excluding carboxylic acids is 2. The number of carbonyl (C=O) groups is 2. The van der Waals surface area contributed by atoms with Crippen molar-refractivity contribution in [3.8, 4) is 63.2 Å². The fraction of sp³-hybridized carbons (Fsp3) is 0.382. The summed E-state index contributed by atoms with van der Waals surface area (Å²) in [6.07, 6.45) is 9.23. The Labute approximate surface area is 889 Å². The first kappa shape index (κ1) is 108. The number of aromatic nitrogens is 7. The number of ether oxygens (including phenoxy) is 10. The number of β-amino-alcohol motifs (C(OH)–C–C–N with tert-alkyl or cyclic N) is 1. The zero-order chi connectivity index (χ0) is 96.9. The van der Waals surface area contributed by atoms with Gasteiger partial charge in [-0.15, -0.1) is 0 Å². The number of aryl methyl sites for hydroxylation is 2. The van der Waals surface area contributed by atoms with E-state index in [2.05, 4.69) is 116 Å². The summed E-state index contributed by atoms with van der Waals surface area (Å²) in [6, 6.07) is 45.7. The molecular formula is C102H119Cl4KN20O13S. The molecule has 0 saturated carbocycles. The van der Waals surface area contributed by atoms with Crippen LogP contribution in [0.15, 0.2) is 164 Å². The molecule has 0 bridgehead atoms. The standard InChI is InChI=1S/C27H32ClN5O5.C26H29Cl2N5O3.C26H29N3O3.C22H26ClN7O2S.CH3.K/c1-32-6-8-33(9-7-32)10-13-35-19-14-21-24(23(15-19)38-18-4-11-34-12-5-18)27(30-16-29-21)31-25-20(28)2-3-22-26(25)37-17-36-22;1-32-6-8-33(9-7-32)5-4-10-36-25-13-21-18(11-24(25)35-3)26(17(15-29)16-30-21)31-22-14-23(34-2)20(28)12-19(22)27;30-26(28-19-21-4-2-1-3-5-21)18-24-9-6-23(20-27-24)22-7-10-25(11-8-22)32-17-14-29-12-15-31-16-13-29;1-14-4-3-5-16(23)20(14)28-21(32)17-13-24-22(33-17)27-18-12-19(26-15(2)25-18)30-8-6-29(7-9-30)10-11-31;;/h2-3,14-16,18H,4-13,17H2,1H3,(H,29,30,31);11-14,16H,4-10H2,1-3H3,(H,30,31);1-11,20H,12-19H2,(H,28,30);3-5,12-13,31H,6-11H2,1-2H3,(H,28,32)(H,24,25,26,27);1H3;/q;;;;-1;+1. The number of piperazine rings is 3. The molecule has 18 rings (SSSR count). The molecule has 740 valence electrons. The summed E-state index contributed by atoms with van der Waals surface area (Å²) >= 11 is 26.6. The third-order valence-corrected chi connectivity index (χ3v) is 26.4. The molecule has 33 nitrogen and oxygen atoms in total. The van der Waals surface area contributed by atoms with Gasteiger partial charge in [0.1, 0.15) is 88.6 Å². The second-order valence-electron chi connectivity index (χ2n) is 33.9. The summed E-state index contributed by atoms with van der Waals surface area (Å²) in [5, 5.41) is 38.3. The van der Waals surface area contributed by atoms with Crippen LogP contribution in [-0.4, -0.2) is 293 Å². The van der Waals surface area contributed by atoms with Gasteiger partial charge in [0.15, 0.2) is 28.1 Å². The zero-order valence-corrected chi connectivity index (χ0v) is 87.7. The van der Waals surface area contributed by atoms with E-state index in [9.17, 15) is 14.9 Å². The Balaban J connectivity index is 0.000000158. The number of likely N-dealkylation sites (N-methyl/N-ethyl adjacent to an activating group) is 2. The fourth-order valence-electron chi connectivity index (χ4n) is 16.3. The number of amides is 2. The van der Waals surface area contributed by atoms with Gasteiger partial charge in [-0.1, -0.05) is 118 Å². The molecule has 11 heterocycles. The van der Waals surface area contributed by atoms with E-state index >= 15 is 0 Å². The van der Waals surface area contributed by atoms with Gasteiger partial charge in [0.25, 0.3) is 5.91 Å². The van der Waals surface area contributed by atoms with Gasteiger partial charge < -0.3 is 106 Å². The Morgan fingerprint density at radius 1 is 0.574 bits per heavy atom. The van der Waals surface area contributed by atoms with Gasteiger partial charge in [0.05, 0.1) is 126 Å². The van der Waals surface area contributed by atoms with Crippen molar-refractivity contribution >= 4 is 137 Å². The molecule has 7 aromatic carbocycles. The molecule has 0 unspecified atom stereocenters. The number of hydrogen-bond acceptors (Lipinski definition) is 32. The van der Waals surface area contributed by atoms with E-state index in [0.29, 0.717) is 179 Å². The number of thiazole rings is 1. The van der Waals surface area contributed by atoms with E-state index in [1.54, 1.807) is 37.4 Å². The van der Waals surface area contributed by atoms with Crippen molar-refractivity contribution in [2.45, 2.75) is 52.2 Å². The number of anilines is 8. The first-order valence-corrected chi connectivity index (χ1v) is 48.8. The molecule has 6 aliphatic rings. The smallest absolute Gasteiger partial charge is 0.495 e. The van der Waals surface area contributed by atoms with Gasteiger partial charge in [-0.2, -0.15) is 5.26 Å². The van der Waals surface area contributed by atoms with Crippen LogP contribution >= 0.6 is 57.7 Å². The van der Waals surface area contributed by atoms with Crippen LogP contribution in [0.5, 0.6) is 46.0 Å². The first-order chi connectivity index (χ1) is 67.7. The van der Waals surface area contributed by atoms with Gasteiger partial charge in [-0.05, 0) is 99.6 Å². The number of fused-ring (bicyclic) bond motifs is 3. The van der Waals surface area contributed by atoms with Gasteiger partial charge in [0.2, 0.25) is 12.7 Å². The Kier molecular flexibility index (Phi) is 41.6. The number of nitrogens with one attached hydrogen (secondary N) is 5. The number of nitriles is 1. The van der Waals surface area contributed by atoms with Crippen molar-refractivity contribution in [2.24, 2.45) is 0 Å². The zero-order valence-electron chi connectivity index (χ0n) is 80.8. The van der Waals surface area contributed by atoms with Crippen molar-refractivity contribution < 1.29 is 113 Å². The summed E-state index contributed by atoms with van der Waals surface area (Å²) in [6.45, 7) is 26.8. The number of morpholine rings is 1. The Hall–Kier alpha value is -10.4. The molecule has 39 heteroatoms. The molecule has 5 saturated heterocycles. The van der Waals surface area contributed by atoms with Crippen molar-refractivity contribution in [1.29, 1.82) is 5.26 Å². The number of methoxy groups -OCH3 is 2. The monoisotopic (exact) mass is 2040 g/mol. The SMILES string of the molecule is CN1CCN(CCOc2cc(OC3CCOCC3)c3c(Nc4c(Cl)ccc5c4OCO5)ncnc3c2)CC1.COc1cc(Nc2c(C#N)cnc3cc(OCCCN4CCN(C)CC4)c(OC)cc23)c(Cl)cc1Cl.Cc1nc(Nc2ncc(C(=O)Nc3c(C)cccc3Cl)s2)cc(N2CCN(CCO)CC2)n1.O=C(Cc1ccc(-c2ccc(OCCN3CCOCC3)cc2)cn1)NCc1ccccc1.[CH3-].[K+]. The van der Waals surface area contributed by atoms with Crippen LogP contribution in [0, 0.1) is 32.6 Å². The Bertz CT molecular complexity index is 6120. The van der Waals surface area contributed by atoms with Crippen LogP contribution < -0.4 is 121 Å². The van der Waals surface area contributed by atoms with E-state index in [1.807, 2.05) is 129 Å². The van der Waals surface area contributed by atoms with Gasteiger partial charge >= 0.3 is 51.4 Å². The molecule has 0 radical (unpaired) electrons. The molecule has 6 N–H and O–H groups in total. The summed E-state index contributed by atoms with van der Waals surface area (Å²) in [7, 11) is 7.43. The van der Waals surface area contributed by atoms with Crippen molar-refractivity contribution in [3.05, 3.63) is 225 Å². The van der Waals surface area contributed by atoms with Crippen LogP contribution in [0.3, 0.4) is 0 Å². The number of rotatable bonds is 33. The second-order valence-corrected chi connectivity index (χ2v) is 36.6. The van der Waals surface area contributed by atoms with E-state index in [-0.39, 0.29) is 96.6 Å². The van der Waals surface area contributed by atoms with E-state index < -0.39 is 0 Å². The van der Waals surface area contributed by atoms with Crippen LogP contribution in [0.4, 0.5) is 45.3 Å². The molecule has 0 atom stereocenters. The third kappa shape index (κ3) is 30.8. The van der Waals surface area contributed by atoms with E-state index in [0.717, 1.165) is 189 Å². The van der Waals surface area contributed by atoms with Gasteiger partial charge in [-0.3, -0.25) is 34.3 Å². The predicted molar refractivity (Wildman–Crippen MR) is 551 cm³/mol. The number of aliphatic hydroxyl groups excluding tert-OH is 1. The number of benzene rings is 7. The predicted octanol–water partition coefficient (Wildman–Crippen LogP) is 13.2. The first-order valence-electron chi connectivity index (χ1n) is 46.4. The summed E-state index contributed by atoms with van der Waals surface area (Å²) in [5.41, 5.74) is 8.81. The summed E-state index contributed by atoms with van der Waals surface area (Å²) in [5.74, 6) is 7.43. The maximum absolute atomic E-state index is 12.7. The minimum absolute atomic E-state index is 0. The maximum Gasteiger partial charge on any atom is 1.00 e. The molecule has 12 aromatic rings. The van der Waals surface area contributed by atoms with Crippen LogP contribution in [0.25, 0.3) is 32.9 Å². The number of pyridine rings is 2. The minimum atomic E-state index is -0.267. The Morgan fingerprint density at radius 3 is 1.96 bits per heavy atom. The van der Waals surface area contributed by atoms with Crippen molar-refractivity contribution in [1.82, 2.24) is 69.6 Å². The normalized spacial score (nSPS) is 15.3. The summed E-state index contributed by atoms with van der Waals surface area (Å²) < 4.78 is 57.8. The molecule has 141 heavy (non-hydrogen) atoms. The van der Waals surface area contributed by atoms with Crippen molar-refractivity contribution in [2.75, 3.05) is 232 Å². The molecule has 6 aliphatic heterocycles. The topological polar surface area (TPSA) is 344 Å². The average Bonchev–Trinajstić information content (AvgIpc) is 1.39. The molecule has 2 amide bonds. The van der Waals surface area contributed by atoms with E-state index in [4.69, 9.17) is 98.9 Å². The maximum atomic E-state index is 12.7. The number of hydrogen-bond donors (Lipinski definition) is 6.